The molecule has 2 aromatic rings. The maximum absolute atomic E-state index is 13.7. The van der Waals surface area contributed by atoms with Gasteiger partial charge < -0.3 is 20.6 Å². The van der Waals surface area contributed by atoms with Crippen LogP contribution in [0.5, 0.6) is 5.75 Å². The largest absolute Gasteiger partial charge is 0.489 e. The molecule has 0 saturated carbocycles. The van der Waals surface area contributed by atoms with Gasteiger partial charge >= 0.3 is 0 Å². The number of carbonyl (C=O) groups excluding carboxylic acids is 2. The molecule has 6 nitrogen and oxygen atoms in total. The van der Waals surface area contributed by atoms with E-state index < -0.39 is 11.4 Å². The van der Waals surface area contributed by atoms with Gasteiger partial charge in [0.05, 0.1) is 16.8 Å². The van der Waals surface area contributed by atoms with E-state index in [-0.39, 0.29) is 23.7 Å². The number of benzene rings is 1. The van der Waals surface area contributed by atoms with Gasteiger partial charge in [0.1, 0.15) is 24.5 Å². The highest BCUT2D eigenvalue weighted by Crippen LogP contribution is 2.21. The number of aromatic nitrogens is 1. The van der Waals surface area contributed by atoms with Crippen LogP contribution in [0.25, 0.3) is 5.57 Å². The van der Waals surface area contributed by atoms with Crippen LogP contribution >= 0.6 is 0 Å². The number of pyridine rings is 1. The van der Waals surface area contributed by atoms with Gasteiger partial charge in [0, 0.05) is 23.5 Å². The van der Waals surface area contributed by atoms with Crippen molar-refractivity contribution >= 4 is 17.8 Å². The molecule has 0 fully saturated rings. The van der Waals surface area contributed by atoms with Crippen molar-refractivity contribution in [2.45, 2.75) is 32.9 Å². The fourth-order valence-corrected chi connectivity index (χ4v) is 2.30. The summed E-state index contributed by atoms with van der Waals surface area (Å²) >= 11 is 0. The Bertz CT molecular complexity index is 874. The number of nitrogens with two attached hydrogens (primary N) is 1. The fraction of sp³-hybridized carbons (Fsp3) is 0.250. The maximum atomic E-state index is 13.7. The molecule has 1 aromatic heterocycles. The Kier molecular flexibility index (Phi) is 6.28. The van der Waals surface area contributed by atoms with Crippen LogP contribution in [0.1, 0.15) is 32.0 Å². The van der Waals surface area contributed by atoms with Crippen molar-refractivity contribution in [1.82, 2.24) is 10.3 Å². The number of nitrogens with zero attached hydrogens (tertiary/aromatic N) is 1. The molecule has 1 amide bonds. The molecular formula is C20H22FN3O3. The fourth-order valence-electron chi connectivity index (χ4n) is 2.30. The summed E-state index contributed by atoms with van der Waals surface area (Å²) in [4.78, 5) is 27.8. The minimum atomic E-state index is -1.04. The van der Waals surface area contributed by atoms with Crippen molar-refractivity contribution in [3.63, 3.8) is 0 Å². The van der Waals surface area contributed by atoms with Crippen LogP contribution in [0.15, 0.2) is 48.3 Å². The lowest BCUT2D eigenvalue weighted by Crippen LogP contribution is -2.45. The van der Waals surface area contributed by atoms with Gasteiger partial charge in [-0.2, -0.15) is 0 Å². The molecule has 0 saturated heterocycles. The molecule has 0 atom stereocenters. The van der Waals surface area contributed by atoms with Crippen molar-refractivity contribution < 1.29 is 18.7 Å². The third-order valence-corrected chi connectivity index (χ3v) is 3.69. The number of hydrogen-bond acceptors (Lipinski definition) is 5. The van der Waals surface area contributed by atoms with E-state index in [0.29, 0.717) is 23.3 Å². The van der Waals surface area contributed by atoms with E-state index in [0.717, 1.165) is 0 Å². The minimum Gasteiger partial charge on any atom is -0.489 e. The molecule has 2 rings (SSSR count). The lowest BCUT2D eigenvalue weighted by atomic mass is 10.0. The van der Waals surface area contributed by atoms with Gasteiger partial charge in [-0.1, -0.05) is 18.2 Å². The minimum absolute atomic E-state index is 0.0289. The van der Waals surface area contributed by atoms with Crippen LogP contribution in [0.3, 0.4) is 0 Å². The predicted octanol–water partition coefficient (Wildman–Crippen LogP) is 2.58. The number of amides is 1. The van der Waals surface area contributed by atoms with Crippen LogP contribution in [-0.4, -0.2) is 22.7 Å². The molecule has 142 valence electrons. The SMILES string of the molecule is C/C(N)=C(\C(=O)NC(C)(C)C=O)c1cc(OCc2ccccc2F)ccn1. The average Bonchev–Trinajstić information content (AvgIpc) is 2.61. The summed E-state index contributed by atoms with van der Waals surface area (Å²) in [6, 6.07) is 9.44. The molecule has 0 spiro atoms. The second-order valence-corrected chi connectivity index (χ2v) is 6.61. The molecule has 1 heterocycles. The van der Waals surface area contributed by atoms with Gasteiger partial charge in [-0.3, -0.25) is 9.78 Å². The van der Waals surface area contributed by atoms with Crippen LogP contribution in [0.4, 0.5) is 4.39 Å². The number of nitrogens with one attached hydrogen (secondary N) is 1. The quantitative estimate of drug-likeness (QED) is 0.576. The number of halogens is 1. The van der Waals surface area contributed by atoms with E-state index in [9.17, 15) is 14.0 Å². The van der Waals surface area contributed by atoms with Crippen molar-refractivity contribution in [3.05, 3.63) is 65.4 Å². The Balaban J connectivity index is 2.23. The van der Waals surface area contributed by atoms with Crippen molar-refractivity contribution in [2.75, 3.05) is 0 Å². The van der Waals surface area contributed by atoms with Gasteiger partial charge in [0.15, 0.2) is 0 Å². The molecule has 0 aliphatic heterocycles. The molecule has 1 aromatic carbocycles. The smallest absolute Gasteiger partial charge is 0.255 e. The molecule has 0 unspecified atom stereocenters. The monoisotopic (exact) mass is 371 g/mol. The van der Waals surface area contributed by atoms with E-state index in [1.807, 2.05) is 0 Å². The first kappa shape index (κ1) is 20.1. The van der Waals surface area contributed by atoms with E-state index >= 15 is 0 Å². The highest BCUT2D eigenvalue weighted by molar-refractivity contribution is 6.20. The molecule has 7 heteroatoms. The highest BCUT2D eigenvalue weighted by atomic mass is 19.1. The number of allylic oxidation sites excluding steroid dienone is 1. The Morgan fingerprint density at radius 3 is 2.67 bits per heavy atom. The molecule has 0 radical (unpaired) electrons. The highest BCUT2D eigenvalue weighted by Gasteiger charge is 2.24. The van der Waals surface area contributed by atoms with Gasteiger partial charge in [-0.15, -0.1) is 0 Å². The summed E-state index contributed by atoms with van der Waals surface area (Å²) in [5.74, 6) is -0.476. The Labute approximate surface area is 157 Å². The second-order valence-electron chi connectivity index (χ2n) is 6.61. The number of aldehydes is 1. The van der Waals surface area contributed by atoms with E-state index in [1.165, 1.54) is 12.3 Å². The topological polar surface area (TPSA) is 94.3 Å². The van der Waals surface area contributed by atoms with Gasteiger partial charge in [-0.25, -0.2) is 4.39 Å². The molecule has 0 aliphatic carbocycles. The molecular weight excluding hydrogens is 349 g/mol. The average molecular weight is 371 g/mol. The first-order valence-electron chi connectivity index (χ1n) is 8.31. The molecule has 0 bridgehead atoms. The van der Waals surface area contributed by atoms with Crippen LogP contribution in [-0.2, 0) is 16.2 Å². The number of carbonyl (C=O) groups is 2. The zero-order valence-electron chi connectivity index (χ0n) is 15.5. The predicted molar refractivity (Wildman–Crippen MR) is 100 cm³/mol. The first-order chi connectivity index (χ1) is 12.7. The van der Waals surface area contributed by atoms with Crippen LogP contribution < -0.4 is 15.8 Å². The van der Waals surface area contributed by atoms with E-state index in [4.69, 9.17) is 10.5 Å². The van der Waals surface area contributed by atoms with Crippen LogP contribution in [0, 0.1) is 5.82 Å². The first-order valence-corrected chi connectivity index (χ1v) is 8.31. The number of ether oxygens (including phenoxy) is 1. The second kappa shape index (κ2) is 8.44. The third-order valence-electron chi connectivity index (χ3n) is 3.69. The summed E-state index contributed by atoms with van der Waals surface area (Å²) in [6.45, 7) is 4.74. The van der Waals surface area contributed by atoms with Gasteiger partial charge in [-0.05, 0) is 32.9 Å². The summed E-state index contributed by atoms with van der Waals surface area (Å²) in [7, 11) is 0. The summed E-state index contributed by atoms with van der Waals surface area (Å²) < 4.78 is 19.3. The summed E-state index contributed by atoms with van der Waals surface area (Å²) in [6.07, 6.45) is 2.10. The zero-order valence-corrected chi connectivity index (χ0v) is 15.5. The van der Waals surface area contributed by atoms with Crippen molar-refractivity contribution in [3.8, 4) is 5.75 Å². The Morgan fingerprint density at radius 1 is 1.33 bits per heavy atom. The van der Waals surface area contributed by atoms with Crippen molar-refractivity contribution in [2.24, 2.45) is 5.73 Å². The van der Waals surface area contributed by atoms with Gasteiger partial charge in [0.25, 0.3) is 5.91 Å². The maximum Gasteiger partial charge on any atom is 0.255 e. The summed E-state index contributed by atoms with van der Waals surface area (Å²) in [5, 5.41) is 2.60. The van der Waals surface area contributed by atoms with E-state index in [2.05, 4.69) is 10.3 Å². The zero-order chi connectivity index (χ0) is 20.0. The summed E-state index contributed by atoms with van der Waals surface area (Å²) in [5.41, 5.74) is 5.90. The molecule has 0 aliphatic rings. The lowest BCUT2D eigenvalue weighted by molar-refractivity contribution is -0.121. The molecule has 3 N–H and O–H groups in total. The normalized spacial score (nSPS) is 12.1. The number of rotatable bonds is 7. The lowest BCUT2D eigenvalue weighted by Gasteiger charge is -2.20. The van der Waals surface area contributed by atoms with Crippen molar-refractivity contribution in [1.29, 1.82) is 0 Å². The Hall–Kier alpha value is -3.22. The third kappa shape index (κ3) is 5.37. The number of hydrogen-bond donors (Lipinski definition) is 2. The standard InChI is InChI=1S/C20H22FN3O3/c1-13(22)18(19(26)24-20(2,3)12-25)17-10-15(8-9-23-17)27-11-14-6-4-5-7-16(14)21/h4-10,12H,11,22H2,1-3H3,(H,24,26)/b18-13+. The van der Waals surface area contributed by atoms with Gasteiger partial charge in [0.2, 0.25) is 0 Å². The van der Waals surface area contributed by atoms with Crippen LogP contribution in [0.2, 0.25) is 0 Å². The molecule has 27 heavy (non-hydrogen) atoms. The Morgan fingerprint density at radius 2 is 2.04 bits per heavy atom. The van der Waals surface area contributed by atoms with E-state index in [1.54, 1.807) is 51.1 Å².